The quantitative estimate of drug-likeness (QED) is 0.793. The van der Waals surface area contributed by atoms with Crippen LogP contribution >= 0.6 is 0 Å². The molecule has 0 aromatic heterocycles. The molecule has 2 aliphatic heterocycles. The molecule has 1 unspecified atom stereocenters. The van der Waals surface area contributed by atoms with Crippen LogP contribution in [0, 0.1) is 23.2 Å². The molecule has 5 nitrogen and oxygen atoms in total. The van der Waals surface area contributed by atoms with Crippen LogP contribution in [-0.2, 0) is 14.3 Å². The van der Waals surface area contributed by atoms with Gasteiger partial charge in [0.1, 0.15) is 0 Å². The Hall–Kier alpha value is -1.36. The Morgan fingerprint density at radius 2 is 2.08 bits per heavy atom. The van der Waals surface area contributed by atoms with Gasteiger partial charge in [-0.15, -0.1) is 0 Å². The van der Waals surface area contributed by atoms with Gasteiger partial charge in [0.2, 0.25) is 11.8 Å². The van der Waals surface area contributed by atoms with Crippen LogP contribution in [0.15, 0.2) is 12.2 Å². The summed E-state index contributed by atoms with van der Waals surface area (Å²) in [6.07, 6.45) is 10.4. The van der Waals surface area contributed by atoms with Crippen LogP contribution in [0.4, 0.5) is 0 Å². The van der Waals surface area contributed by atoms with Crippen LogP contribution < -0.4 is 5.32 Å². The standard InChI is InChI=1S/C20H30N2O3/c1-20(8-3-2-4-9-20)19(24)22-12-16(15-7-10-25-17(15)13-22)18(23)21-11-14-5-6-14/h2-3,14-17H,4-13H2,1H3,(H,21,23)/t15-,16+,17+,20?/m0/s1. The molecule has 4 atom stereocenters. The first-order valence-corrected chi connectivity index (χ1v) is 9.90. The van der Waals surface area contributed by atoms with Gasteiger partial charge >= 0.3 is 0 Å². The summed E-state index contributed by atoms with van der Waals surface area (Å²) in [5.41, 5.74) is -0.324. The molecule has 1 saturated carbocycles. The van der Waals surface area contributed by atoms with Crippen molar-refractivity contribution >= 4 is 11.8 Å². The highest BCUT2D eigenvalue weighted by Crippen LogP contribution is 2.39. The van der Waals surface area contributed by atoms with E-state index < -0.39 is 0 Å². The number of nitrogens with zero attached hydrogens (tertiary/aromatic N) is 1. The number of hydrogen-bond donors (Lipinski definition) is 1. The summed E-state index contributed by atoms with van der Waals surface area (Å²) in [6.45, 7) is 4.78. The van der Waals surface area contributed by atoms with E-state index >= 15 is 0 Å². The van der Waals surface area contributed by atoms with Gasteiger partial charge in [0.25, 0.3) is 0 Å². The molecule has 4 aliphatic rings. The van der Waals surface area contributed by atoms with E-state index in [0.717, 1.165) is 32.2 Å². The molecule has 0 bridgehead atoms. The second-order valence-electron chi connectivity index (χ2n) is 8.64. The lowest BCUT2D eigenvalue weighted by Crippen LogP contribution is -2.57. The normalized spacial score (nSPS) is 37.6. The average molecular weight is 346 g/mol. The Balaban J connectivity index is 1.46. The van der Waals surface area contributed by atoms with Gasteiger partial charge in [-0.3, -0.25) is 9.59 Å². The van der Waals surface area contributed by atoms with Crippen LogP contribution in [0.2, 0.25) is 0 Å². The zero-order chi connectivity index (χ0) is 17.4. The second kappa shape index (κ2) is 6.75. The minimum absolute atomic E-state index is 0.0251. The Morgan fingerprint density at radius 3 is 2.80 bits per heavy atom. The summed E-state index contributed by atoms with van der Waals surface area (Å²) in [4.78, 5) is 27.9. The summed E-state index contributed by atoms with van der Waals surface area (Å²) >= 11 is 0. The lowest BCUT2D eigenvalue weighted by Gasteiger charge is -2.43. The van der Waals surface area contributed by atoms with Gasteiger partial charge in [0, 0.05) is 32.2 Å². The van der Waals surface area contributed by atoms with Gasteiger partial charge in [0.05, 0.1) is 17.4 Å². The van der Waals surface area contributed by atoms with Crippen LogP contribution in [-0.4, -0.2) is 49.1 Å². The van der Waals surface area contributed by atoms with Crippen molar-refractivity contribution in [1.29, 1.82) is 0 Å². The van der Waals surface area contributed by atoms with E-state index in [2.05, 4.69) is 24.4 Å². The first kappa shape index (κ1) is 17.1. The molecule has 2 aliphatic carbocycles. The maximum atomic E-state index is 13.2. The van der Waals surface area contributed by atoms with Gasteiger partial charge < -0.3 is 15.0 Å². The molecule has 0 aromatic rings. The highest BCUT2D eigenvalue weighted by Gasteiger charge is 2.47. The van der Waals surface area contributed by atoms with Gasteiger partial charge in [-0.2, -0.15) is 0 Å². The molecule has 1 N–H and O–H groups in total. The number of nitrogens with one attached hydrogen (secondary N) is 1. The number of likely N-dealkylation sites (tertiary alicyclic amines) is 1. The van der Waals surface area contributed by atoms with Crippen molar-refractivity contribution in [2.45, 2.75) is 51.6 Å². The Bertz CT molecular complexity index is 571. The van der Waals surface area contributed by atoms with E-state index in [1.165, 1.54) is 12.8 Å². The Morgan fingerprint density at radius 1 is 1.24 bits per heavy atom. The van der Waals surface area contributed by atoms with Crippen LogP contribution in [0.25, 0.3) is 0 Å². The summed E-state index contributed by atoms with van der Waals surface area (Å²) in [7, 11) is 0. The van der Waals surface area contributed by atoms with Crippen molar-refractivity contribution in [3.05, 3.63) is 12.2 Å². The average Bonchev–Trinajstić information content (AvgIpc) is 3.33. The highest BCUT2D eigenvalue weighted by atomic mass is 16.5. The van der Waals surface area contributed by atoms with Crippen molar-refractivity contribution in [3.8, 4) is 0 Å². The number of hydrogen-bond acceptors (Lipinski definition) is 3. The first-order valence-electron chi connectivity index (χ1n) is 9.90. The maximum absolute atomic E-state index is 13.2. The molecule has 2 amide bonds. The summed E-state index contributed by atoms with van der Waals surface area (Å²) < 4.78 is 5.89. The van der Waals surface area contributed by atoms with Crippen molar-refractivity contribution in [1.82, 2.24) is 10.2 Å². The largest absolute Gasteiger partial charge is 0.376 e. The minimum Gasteiger partial charge on any atom is -0.376 e. The third-order valence-corrected chi connectivity index (χ3v) is 6.59. The molecule has 138 valence electrons. The molecule has 2 saturated heterocycles. The fourth-order valence-corrected chi connectivity index (χ4v) is 4.66. The summed E-state index contributed by atoms with van der Waals surface area (Å²) in [5.74, 6) is 1.15. The van der Waals surface area contributed by atoms with Crippen molar-refractivity contribution in [2.24, 2.45) is 23.2 Å². The van der Waals surface area contributed by atoms with Gasteiger partial charge in [-0.1, -0.05) is 19.1 Å². The van der Waals surface area contributed by atoms with E-state index in [-0.39, 0.29) is 35.2 Å². The second-order valence-corrected chi connectivity index (χ2v) is 8.64. The van der Waals surface area contributed by atoms with Crippen LogP contribution in [0.3, 0.4) is 0 Å². The third-order valence-electron chi connectivity index (χ3n) is 6.59. The Labute approximate surface area is 150 Å². The number of ether oxygens (including phenoxy) is 1. The molecule has 4 rings (SSSR count). The molecule has 0 aromatic carbocycles. The number of fused-ring (bicyclic) bond motifs is 1. The van der Waals surface area contributed by atoms with E-state index in [9.17, 15) is 9.59 Å². The fraction of sp³-hybridized carbons (Fsp3) is 0.800. The first-order chi connectivity index (χ1) is 12.1. The molecule has 2 heterocycles. The van der Waals surface area contributed by atoms with Gasteiger partial charge in [0.15, 0.2) is 0 Å². The van der Waals surface area contributed by atoms with Crippen molar-refractivity contribution in [2.75, 3.05) is 26.2 Å². The minimum atomic E-state index is -0.324. The van der Waals surface area contributed by atoms with Crippen molar-refractivity contribution < 1.29 is 14.3 Å². The smallest absolute Gasteiger partial charge is 0.228 e. The predicted molar refractivity (Wildman–Crippen MR) is 94.7 cm³/mol. The maximum Gasteiger partial charge on any atom is 0.228 e. The van der Waals surface area contributed by atoms with E-state index in [1.807, 2.05) is 4.90 Å². The van der Waals surface area contributed by atoms with E-state index in [0.29, 0.717) is 25.6 Å². The zero-order valence-corrected chi connectivity index (χ0v) is 15.2. The Kier molecular flexibility index (Phi) is 4.61. The van der Waals surface area contributed by atoms with Crippen molar-refractivity contribution in [3.63, 3.8) is 0 Å². The van der Waals surface area contributed by atoms with Crippen LogP contribution in [0.5, 0.6) is 0 Å². The molecule has 0 spiro atoms. The summed E-state index contributed by atoms with van der Waals surface area (Å²) in [5, 5.41) is 3.13. The number of rotatable bonds is 4. The molecular weight excluding hydrogens is 316 g/mol. The topological polar surface area (TPSA) is 58.6 Å². The third kappa shape index (κ3) is 3.48. The molecule has 3 fully saturated rings. The van der Waals surface area contributed by atoms with Gasteiger partial charge in [-0.25, -0.2) is 0 Å². The SMILES string of the molecule is CC1(C(=O)N2C[C@H]3OCC[C@H]3[C@H](C(=O)NCC3CC3)C2)CC=CCC1. The van der Waals surface area contributed by atoms with Gasteiger partial charge in [-0.05, 0) is 44.4 Å². The summed E-state index contributed by atoms with van der Waals surface area (Å²) in [6, 6.07) is 0. The molecule has 0 radical (unpaired) electrons. The molecule has 25 heavy (non-hydrogen) atoms. The molecular formula is C20H30N2O3. The molecule has 5 heteroatoms. The highest BCUT2D eigenvalue weighted by molar-refractivity contribution is 5.85. The monoisotopic (exact) mass is 346 g/mol. The van der Waals surface area contributed by atoms with E-state index in [4.69, 9.17) is 4.74 Å². The fourth-order valence-electron chi connectivity index (χ4n) is 4.66. The lowest BCUT2D eigenvalue weighted by atomic mass is 9.76. The van der Waals surface area contributed by atoms with E-state index in [1.54, 1.807) is 0 Å². The lowest BCUT2D eigenvalue weighted by molar-refractivity contribution is -0.150. The number of piperidine rings is 1. The number of allylic oxidation sites excluding steroid dienone is 2. The number of amides is 2. The predicted octanol–water partition coefficient (Wildman–Crippen LogP) is 2.12. The van der Waals surface area contributed by atoms with Crippen LogP contribution in [0.1, 0.15) is 45.4 Å². The zero-order valence-electron chi connectivity index (χ0n) is 15.2. The number of carbonyl (C=O) groups is 2. The number of carbonyl (C=O) groups excluding carboxylic acids is 2.